The Kier molecular flexibility index (Phi) is 5.45. The van der Waals surface area contributed by atoms with Gasteiger partial charge >= 0.3 is 0 Å². The van der Waals surface area contributed by atoms with Gasteiger partial charge in [-0.05, 0) is 49.7 Å². The minimum atomic E-state index is 0.633. The van der Waals surface area contributed by atoms with Crippen molar-refractivity contribution < 1.29 is 0 Å². The van der Waals surface area contributed by atoms with Crippen LogP contribution in [0.3, 0.4) is 0 Å². The fourth-order valence-corrected chi connectivity index (χ4v) is 4.06. The van der Waals surface area contributed by atoms with E-state index in [1.807, 2.05) is 16.8 Å². The van der Waals surface area contributed by atoms with E-state index in [1.54, 1.807) is 0 Å². The summed E-state index contributed by atoms with van der Waals surface area (Å²) in [7, 11) is 0. The number of piperazine rings is 1. The van der Waals surface area contributed by atoms with Crippen molar-refractivity contribution in [3.63, 3.8) is 0 Å². The molecule has 7 heteroatoms. The summed E-state index contributed by atoms with van der Waals surface area (Å²) in [5.74, 6) is 1.83. The molecule has 2 aromatic rings. The number of rotatable bonds is 6. The number of hydrogen-bond donors (Lipinski definition) is 0. The predicted molar refractivity (Wildman–Crippen MR) is 107 cm³/mol. The lowest BCUT2D eigenvalue weighted by Gasteiger charge is -2.34. The van der Waals surface area contributed by atoms with Crippen LogP contribution in [0, 0.1) is 4.77 Å². The van der Waals surface area contributed by atoms with Crippen LogP contribution in [-0.4, -0.2) is 50.3 Å². The fraction of sp³-hybridized carbons (Fsp3) is 0.579. The standard InChI is InChI=1S/C19H26ClN5S/c1-2-24-18(16-5-6-16)21-25(19(24)26)14-23-11-9-22(10-12-23)13-15-3-7-17(20)8-4-15/h3-4,7-8,16H,2,5-6,9-14H2,1H3. The van der Waals surface area contributed by atoms with Crippen molar-refractivity contribution in [2.24, 2.45) is 0 Å². The third-order valence-electron chi connectivity index (χ3n) is 5.33. The van der Waals surface area contributed by atoms with E-state index in [1.165, 1.54) is 24.2 Å². The van der Waals surface area contributed by atoms with E-state index >= 15 is 0 Å². The average Bonchev–Trinajstić information content (AvgIpc) is 3.44. The molecule has 0 atom stereocenters. The van der Waals surface area contributed by atoms with Gasteiger partial charge in [-0.25, -0.2) is 4.68 Å². The summed E-state index contributed by atoms with van der Waals surface area (Å²) < 4.78 is 5.11. The van der Waals surface area contributed by atoms with Gasteiger partial charge in [-0.2, -0.15) is 5.10 Å². The second-order valence-electron chi connectivity index (χ2n) is 7.32. The molecule has 0 radical (unpaired) electrons. The second-order valence-corrected chi connectivity index (χ2v) is 8.12. The number of nitrogens with zero attached hydrogens (tertiary/aromatic N) is 5. The van der Waals surface area contributed by atoms with E-state index < -0.39 is 0 Å². The first kappa shape index (κ1) is 18.2. The van der Waals surface area contributed by atoms with Gasteiger partial charge in [0.15, 0.2) is 4.77 Å². The molecule has 1 aromatic carbocycles. The van der Waals surface area contributed by atoms with Gasteiger partial charge in [-0.3, -0.25) is 9.80 Å². The molecule has 1 saturated heterocycles. The molecule has 1 aromatic heterocycles. The SMILES string of the molecule is CCn1c(C2CC2)nn(CN2CCN(Cc3ccc(Cl)cc3)CC2)c1=S. The van der Waals surface area contributed by atoms with Crippen LogP contribution in [0.5, 0.6) is 0 Å². The summed E-state index contributed by atoms with van der Waals surface area (Å²) in [5.41, 5.74) is 1.32. The average molecular weight is 392 g/mol. The smallest absolute Gasteiger partial charge is 0.199 e. The van der Waals surface area contributed by atoms with Crippen molar-refractivity contribution in [2.75, 3.05) is 26.2 Å². The molecule has 0 N–H and O–H groups in total. The molecule has 140 valence electrons. The molecule has 1 aliphatic carbocycles. The maximum atomic E-state index is 5.97. The van der Waals surface area contributed by atoms with E-state index in [9.17, 15) is 0 Å². The Morgan fingerprint density at radius 1 is 1.08 bits per heavy atom. The molecule has 0 spiro atoms. The lowest BCUT2D eigenvalue weighted by atomic mass is 10.2. The lowest BCUT2D eigenvalue weighted by molar-refractivity contribution is 0.0979. The first-order valence-electron chi connectivity index (χ1n) is 9.50. The monoisotopic (exact) mass is 391 g/mol. The quantitative estimate of drug-likeness (QED) is 0.701. The Balaban J connectivity index is 1.34. The molecule has 5 nitrogen and oxygen atoms in total. The zero-order valence-electron chi connectivity index (χ0n) is 15.3. The maximum absolute atomic E-state index is 5.97. The van der Waals surface area contributed by atoms with Crippen molar-refractivity contribution in [3.05, 3.63) is 45.4 Å². The van der Waals surface area contributed by atoms with Crippen LogP contribution in [0.2, 0.25) is 5.02 Å². The fourth-order valence-electron chi connectivity index (χ4n) is 3.62. The van der Waals surface area contributed by atoms with Crippen molar-refractivity contribution in [1.82, 2.24) is 24.1 Å². The van der Waals surface area contributed by atoms with Crippen molar-refractivity contribution in [1.29, 1.82) is 0 Å². The van der Waals surface area contributed by atoms with E-state index in [2.05, 4.69) is 33.4 Å². The summed E-state index contributed by atoms with van der Waals surface area (Å²) in [6.07, 6.45) is 2.52. The van der Waals surface area contributed by atoms with Gasteiger partial charge in [0.2, 0.25) is 0 Å². The van der Waals surface area contributed by atoms with E-state index in [4.69, 9.17) is 28.9 Å². The summed E-state index contributed by atoms with van der Waals surface area (Å²) >= 11 is 11.6. The first-order valence-corrected chi connectivity index (χ1v) is 10.3. The topological polar surface area (TPSA) is 29.2 Å². The molecule has 2 heterocycles. The van der Waals surface area contributed by atoms with Crippen LogP contribution in [-0.2, 0) is 19.8 Å². The molecule has 2 fully saturated rings. The molecule has 4 rings (SSSR count). The molecule has 0 bridgehead atoms. The Labute approximate surface area is 165 Å². The highest BCUT2D eigenvalue weighted by molar-refractivity contribution is 7.71. The van der Waals surface area contributed by atoms with Crippen molar-refractivity contribution in [3.8, 4) is 0 Å². The molecule has 2 aliphatic rings. The summed E-state index contributed by atoms with van der Waals surface area (Å²) in [6.45, 7) is 9.10. The Hall–Kier alpha value is -1.21. The molecule has 0 amide bonds. The summed E-state index contributed by atoms with van der Waals surface area (Å²) in [5, 5.41) is 5.64. The minimum absolute atomic E-state index is 0.633. The van der Waals surface area contributed by atoms with Crippen LogP contribution >= 0.6 is 23.8 Å². The second kappa shape index (κ2) is 7.80. The van der Waals surface area contributed by atoms with Gasteiger partial charge < -0.3 is 4.57 Å². The Bertz CT molecular complexity index is 800. The zero-order valence-corrected chi connectivity index (χ0v) is 16.8. The summed E-state index contributed by atoms with van der Waals surface area (Å²) in [6, 6.07) is 8.17. The van der Waals surface area contributed by atoms with Gasteiger partial charge in [0, 0.05) is 50.2 Å². The van der Waals surface area contributed by atoms with E-state index in [0.29, 0.717) is 5.92 Å². The minimum Gasteiger partial charge on any atom is -0.304 e. The number of benzene rings is 1. The van der Waals surface area contributed by atoms with Gasteiger partial charge in [0.05, 0.1) is 6.67 Å². The van der Waals surface area contributed by atoms with Gasteiger partial charge in [-0.15, -0.1) is 0 Å². The van der Waals surface area contributed by atoms with Crippen molar-refractivity contribution in [2.45, 2.75) is 45.4 Å². The van der Waals surface area contributed by atoms with E-state index in [0.717, 1.165) is 55.7 Å². The Morgan fingerprint density at radius 2 is 1.73 bits per heavy atom. The third kappa shape index (κ3) is 4.03. The molecule has 0 unspecified atom stereocenters. The highest BCUT2D eigenvalue weighted by Crippen LogP contribution is 2.39. The molecule has 1 saturated carbocycles. The van der Waals surface area contributed by atoms with Gasteiger partial charge in [-0.1, -0.05) is 23.7 Å². The maximum Gasteiger partial charge on any atom is 0.199 e. The zero-order chi connectivity index (χ0) is 18.1. The van der Waals surface area contributed by atoms with Crippen LogP contribution in [0.25, 0.3) is 0 Å². The molecule has 1 aliphatic heterocycles. The molecular formula is C19H26ClN5S. The predicted octanol–water partition coefficient (Wildman–Crippen LogP) is 3.74. The van der Waals surface area contributed by atoms with Gasteiger partial charge in [0.1, 0.15) is 5.82 Å². The van der Waals surface area contributed by atoms with Crippen molar-refractivity contribution >= 4 is 23.8 Å². The Morgan fingerprint density at radius 3 is 2.35 bits per heavy atom. The summed E-state index contributed by atoms with van der Waals surface area (Å²) in [4.78, 5) is 4.96. The van der Waals surface area contributed by atoms with Crippen LogP contribution in [0.15, 0.2) is 24.3 Å². The van der Waals surface area contributed by atoms with Crippen LogP contribution < -0.4 is 0 Å². The highest BCUT2D eigenvalue weighted by Gasteiger charge is 2.30. The first-order chi connectivity index (χ1) is 12.6. The normalized spacial score (nSPS) is 19.2. The highest BCUT2D eigenvalue weighted by atomic mass is 35.5. The molecular weight excluding hydrogens is 366 g/mol. The largest absolute Gasteiger partial charge is 0.304 e. The van der Waals surface area contributed by atoms with Crippen LogP contribution in [0.4, 0.5) is 0 Å². The number of halogens is 1. The molecule has 26 heavy (non-hydrogen) atoms. The lowest BCUT2D eigenvalue weighted by Crippen LogP contribution is -2.46. The number of hydrogen-bond acceptors (Lipinski definition) is 4. The van der Waals surface area contributed by atoms with Crippen LogP contribution in [0.1, 0.15) is 37.1 Å². The van der Waals surface area contributed by atoms with Gasteiger partial charge in [0.25, 0.3) is 0 Å². The van der Waals surface area contributed by atoms with E-state index in [-0.39, 0.29) is 0 Å². The number of aromatic nitrogens is 3. The third-order valence-corrected chi connectivity index (χ3v) is 6.01.